The Labute approximate surface area is 251 Å². The van der Waals surface area contributed by atoms with Gasteiger partial charge in [0.25, 0.3) is 10.0 Å². The van der Waals surface area contributed by atoms with Crippen molar-refractivity contribution in [2.24, 2.45) is 17.6 Å². The van der Waals surface area contributed by atoms with Gasteiger partial charge in [0, 0.05) is 12.2 Å². The molecule has 0 aromatic heterocycles. The molecule has 11 heteroatoms. The number of nitrogens with one attached hydrogen (secondary N) is 2. The van der Waals surface area contributed by atoms with E-state index in [-0.39, 0.29) is 16.2 Å². The van der Waals surface area contributed by atoms with E-state index in [1.54, 1.807) is 36.5 Å². The first-order chi connectivity index (χ1) is 19.5. The number of rotatable bonds is 13. The zero-order valence-electron chi connectivity index (χ0n) is 24.4. The second-order valence-electron chi connectivity index (χ2n) is 11.7. The van der Waals surface area contributed by atoms with Gasteiger partial charge in [-0.3, -0.25) is 4.31 Å². The lowest BCUT2D eigenvalue weighted by Crippen LogP contribution is -2.43. The van der Waals surface area contributed by atoms with Crippen molar-refractivity contribution in [3.63, 3.8) is 0 Å². The molecule has 0 amide bonds. The molecule has 4 atom stereocenters. The number of halogens is 1. The van der Waals surface area contributed by atoms with Crippen molar-refractivity contribution in [3.05, 3.63) is 64.5 Å². The maximum Gasteiger partial charge on any atom is 0.264 e. The lowest BCUT2D eigenvalue weighted by atomic mass is 9.93. The van der Waals surface area contributed by atoms with E-state index in [4.69, 9.17) is 17.3 Å². The summed E-state index contributed by atoms with van der Waals surface area (Å²) in [6.07, 6.45) is 11.7. The largest absolute Gasteiger partial charge is 0.404 e. The molecule has 2 aliphatic carbocycles. The molecule has 4 rings (SSSR count). The van der Waals surface area contributed by atoms with Crippen LogP contribution >= 0.6 is 11.6 Å². The van der Waals surface area contributed by atoms with Gasteiger partial charge >= 0.3 is 0 Å². The highest BCUT2D eigenvalue weighted by Crippen LogP contribution is 2.36. The van der Waals surface area contributed by atoms with E-state index in [0.717, 1.165) is 74.7 Å². The van der Waals surface area contributed by atoms with Gasteiger partial charge in [-0.25, -0.2) is 21.6 Å². The van der Waals surface area contributed by atoms with E-state index in [1.807, 2.05) is 13.8 Å². The molecule has 2 fully saturated rings. The quantitative estimate of drug-likeness (QED) is 0.269. The third kappa shape index (κ3) is 7.39. The Balaban J connectivity index is 1.26. The summed E-state index contributed by atoms with van der Waals surface area (Å²) in [5.41, 5.74) is 8.45. The molecule has 8 nitrogen and oxygen atoms in total. The molecule has 1 unspecified atom stereocenters. The van der Waals surface area contributed by atoms with Crippen molar-refractivity contribution in [2.75, 3.05) is 13.1 Å². The monoisotopic (exact) mass is 624 g/mol. The zero-order valence-corrected chi connectivity index (χ0v) is 26.7. The third-order valence-electron chi connectivity index (χ3n) is 8.96. The van der Waals surface area contributed by atoms with Crippen molar-refractivity contribution < 1.29 is 16.8 Å². The number of nitrogens with two attached hydrogens (primary N) is 1. The van der Waals surface area contributed by atoms with Crippen LogP contribution in [0.1, 0.15) is 70.8 Å². The van der Waals surface area contributed by atoms with Gasteiger partial charge in [-0.2, -0.15) is 0 Å². The Hall–Kier alpha value is -1.85. The number of sulfonamides is 2. The SMILES string of the molecule is CC[C@@H]1C[C@H](NS(=O)(=O)C2CCC2)C[C@@H]1CNCCCC(=C/N)/C(Cl)=C1/C=CN(S(=O)(=O)c2ccc(C)cc2)C1C. The van der Waals surface area contributed by atoms with Gasteiger partial charge in [0.15, 0.2) is 0 Å². The number of allylic oxidation sites excluding steroid dienone is 2. The van der Waals surface area contributed by atoms with Crippen LogP contribution in [0.3, 0.4) is 0 Å². The normalized spacial score (nSPS) is 26.9. The van der Waals surface area contributed by atoms with Gasteiger partial charge in [-0.1, -0.05) is 49.1 Å². The van der Waals surface area contributed by atoms with Crippen LogP contribution in [0.4, 0.5) is 0 Å². The van der Waals surface area contributed by atoms with Crippen molar-refractivity contribution in [1.29, 1.82) is 0 Å². The van der Waals surface area contributed by atoms with Gasteiger partial charge < -0.3 is 11.1 Å². The molecule has 1 aliphatic heterocycles. The molecule has 0 spiro atoms. The molecule has 2 saturated carbocycles. The predicted octanol–water partition coefficient (Wildman–Crippen LogP) is 4.88. The summed E-state index contributed by atoms with van der Waals surface area (Å²) in [5.74, 6) is 0.945. The van der Waals surface area contributed by atoms with E-state index < -0.39 is 26.1 Å². The van der Waals surface area contributed by atoms with E-state index in [0.29, 0.717) is 23.3 Å². The van der Waals surface area contributed by atoms with Crippen LogP contribution in [0, 0.1) is 18.8 Å². The Morgan fingerprint density at radius 1 is 1.12 bits per heavy atom. The molecule has 4 N–H and O–H groups in total. The number of benzene rings is 1. The fourth-order valence-corrected chi connectivity index (χ4v) is 9.80. The lowest BCUT2D eigenvalue weighted by molar-refractivity contribution is 0.357. The summed E-state index contributed by atoms with van der Waals surface area (Å²) in [7, 11) is -6.90. The summed E-state index contributed by atoms with van der Waals surface area (Å²) in [6.45, 7) is 7.55. The van der Waals surface area contributed by atoms with Crippen LogP contribution in [0.25, 0.3) is 0 Å². The minimum absolute atomic E-state index is 0.0328. The van der Waals surface area contributed by atoms with Gasteiger partial charge in [-0.15, -0.1) is 0 Å². The second kappa shape index (κ2) is 13.6. The Morgan fingerprint density at radius 3 is 2.41 bits per heavy atom. The Kier molecular flexibility index (Phi) is 10.7. The molecule has 0 saturated heterocycles. The summed E-state index contributed by atoms with van der Waals surface area (Å²) in [6, 6.07) is 6.39. The van der Waals surface area contributed by atoms with Gasteiger partial charge in [0.1, 0.15) is 0 Å². The van der Waals surface area contributed by atoms with Gasteiger partial charge in [-0.05, 0) is 113 Å². The lowest BCUT2D eigenvalue weighted by Gasteiger charge is -2.27. The van der Waals surface area contributed by atoms with Crippen LogP contribution in [0.2, 0.25) is 0 Å². The highest BCUT2D eigenvalue weighted by molar-refractivity contribution is 7.90. The van der Waals surface area contributed by atoms with E-state index in [9.17, 15) is 16.8 Å². The standard InChI is InChI=1S/C30H45ClN4O4S2/c1-4-23-17-26(34-40(36,37)27-8-5-9-27)18-25(23)20-33-15-6-7-24(19-32)30(31)29-14-16-35(22(29)3)41(38,39)28-12-10-21(2)11-13-28/h10-14,16,19,22-23,25-27,33-34H,4-9,15,17-18,20,32H2,1-3H3/b24-19-,30-29+/t22?,23-,25-,26+/m1/s1. The molecule has 1 aromatic rings. The molecule has 1 heterocycles. The van der Waals surface area contributed by atoms with Crippen molar-refractivity contribution in [3.8, 4) is 0 Å². The molecule has 0 radical (unpaired) electrons. The van der Waals surface area contributed by atoms with Crippen LogP contribution in [-0.2, 0) is 20.0 Å². The predicted molar refractivity (Wildman–Crippen MR) is 166 cm³/mol. The first-order valence-corrected chi connectivity index (χ1v) is 18.2. The average molecular weight is 625 g/mol. The van der Waals surface area contributed by atoms with E-state index >= 15 is 0 Å². The maximum atomic E-state index is 13.2. The number of hydrogen-bond acceptors (Lipinski definition) is 6. The van der Waals surface area contributed by atoms with Gasteiger partial charge in [0.05, 0.1) is 21.2 Å². The van der Waals surface area contributed by atoms with Crippen LogP contribution in [0.5, 0.6) is 0 Å². The number of nitrogens with zero attached hydrogens (tertiary/aromatic N) is 1. The minimum atomic E-state index is -3.70. The van der Waals surface area contributed by atoms with Crippen LogP contribution in [-0.4, -0.2) is 51.6 Å². The molecular weight excluding hydrogens is 580 g/mol. The molecule has 1 aromatic carbocycles. The third-order valence-corrected chi connectivity index (χ3v) is 13.3. The molecule has 3 aliphatic rings. The fourth-order valence-electron chi connectivity index (χ4n) is 6.15. The highest BCUT2D eigenvalue weighted by atomic mass is 35.5. The van der Waals surface area contributed by atoms with Crippen molar-refractivity contribution in [1.82, 2.24) is 14.3 Å². The summed E-state index contributed by atoms with van der Waals surface area (Å²) < 4.78 is 56.0. The topological polar surface area (TPSA) is 122 Å². The summed E-state index contributed by atoms with van der Waals surface area (Å²) >= 11 is 6.77. The average Bonchev–Trinajstić information content (AvgIpc) is 3.47. The maximum absolute atomic E-state index is 13.2. The van der Waals surface area contributed by atoms with E-state index in [1.165, 1.54) is 10.5 Å². The Bertz CT molecular complexity index is 1370. The summed E-state index contributed by atoms with van der Waals surface area (Å²) in [5, 5.41) is 3.85. The van der Waals surface area contributed by atoms with Crippen molar-refractivity contribution >= 4 is 31.6 Å². The molecule has 0 bridgehead atoms. The zero-order chi connectivity index (χ0) is 29.8. The first kappa shape index (κ1) is 32.1. The second-order valence-corrected chi connectivity index (χ2v) is 15.9. The van der Waals surface area contributed by atoms with E-state index in [2.05, 4.69) is 17.0 Å². The molecule has 41 heavy (non-hydrogen) atoms. The summed E-state index contributed by atoms with van der Waals surface area (Å²) in [4.78, 5) is 0.243. The van der Waals surface area contributed by atoms with Crippen LogP contribution < -0.4 is 15.8 Å². The smallest absolute Gasteiger partial charge is 0.264 e. The van der Waals surface area contributed by atoms with Crippen molar-refractivity contribution in [2.45, 2.75) is 94.4 Å². The van der Waals surface area contributed by atoms with Gasteiger partial charge in [0.2, 0.25) is 10.0 Å². The Morgan fingerprint density at radius 2 is 1.80 bits per heavy atom. The first-order valence-electron chi connectivity index (χ1n) is 14.8. The number of aryl methyl sites for hydroxylation is 1. The highest BCUT2D eigenvalue weighted by Gasteiger charge is 2.38. The molecular formula is C30H45ClN4O4S2. The fraction of sp³-hybridized carbons (Fsp3) is 0.600. The molecule has 228 valence electrons. The van der Waals surface area contributed by atoms with Crippen LogP contribution in [0.15, 0.2) is 63.8 Å². The minimum Gasteiger partial charge on any atom is -0.404 e. The number of hydrogen-bond donors (Lipinski definition) is 3.